The molecule has 1 fully saturated rings. The molecule has 23 heavy (non-hydrogen) atoms. The molecular formula is C19H25N3O. The van der Waals surface area contributed by atoms with Gasteiger partial charge in [0.2, 0.25) is 0 Å². The molecule has 1 aliphatic rings. The number of rotatable bonds is 6. The molecule has 0 saturated carbocycles. The maximum atomic E-state index is 9.63. The molecule has 4 heteroatoms. The Bertz CT molecular complexity index is 595. The fourth-order valence-electron chi connectivity index (χ4n) is 3.05. The van der Waals surface area contributed by atoms with E-state index in [-0.39, 0.29) is 6.10 Å². The summed E-state index contributed by atoms with van der Waals surface area (Å²) in [5.41, 5.74) is 3.93. The smallest absolute Gasteiger partial charge is 0.0564 e. The van der Waals surface area contributed by atoms with E-state index in [1.165, 1.54) is 16.7 Å². The minimum atomic E-state index is -0.109. The van der Waals surface area contributed by atoms with Gasteiger partial charge in [-0.05, 0) is 35.6 Å². The summed E-state index contributed by atoms with van der Waals surface area (Å²) in [6.45, 7) is 4.63. The van der Waals surface area contributed by atoms with E-state index in [1.54, 1.807) is 6.20 Å². The topological polar surface area (TPSA) is 48.4 Å². The summed E-state index contributed by atoms with van der Waals surface area (Å²) < 4.78 is 0. The minimum absolute atomic E-state index is 0.109. The molecule has 0 spiro atoms. The second-order valence-corrected chi connectivity index (χ2v) is 6.24. The molecule has 4 nitrogen and oxygen atoms in total. The van der Waals surface area contributed by atoms with E-state index in [4.69, 9.17) is 0 Å². The molecule has 2 aromatic rings. The van der Waals surface area contributed by atoms with E-state index in [0.29, 0.717) is 0 Å². The van der Waals surface area contributed by atoms with Gasteiger partial charge in [-0.15, -0.1) is 0 Å². The van der Waals surface area contributed by atoms with Crippen molar-refractivity contribution in [1.29, 1.82) is 0 Å². The van der Waals surface area contributed by atoms with Crippen molar-refractivity contribution in [3.05, 3.63) is 65.5 Å². The number of aromatic nitrogens is 1. The quantitative estimate of drug-likeness (QED) is 0.859. The number of pyridine rings is 1. The molecule has 2 N–H and O–H groups in total. The summed E-state index contributed by atoms with van der Waals surface area (Å²) in [5.74, 6) is 0. The van der Waals surface area contributed by atoms with Crippen LogP contribution in [0.3, 0.4) is 0 Å². The number of aliphatic hydroxyl groups is 1. The van der Waals surface area contributed by atoms with Crippen LogP contribution in [0.4, 0.5) is 0 Å². The summed E-state index contributed by atoms with van der Waals surface area (Å²) in [7, 11) is 0. The molecule has 0 aliphatic carbocycles. The molecule has 1 aliphatic heterocycles. The molecule has 0 radical (unpaired) electrons. The first-order chi connectivity index (χ1) is 11.3. The molecule has 1 saturated heterocycles. The first-order valence-corrected chi connectivity index (χ1v) is 8.38. The largest absolute Gasteiger partial charge is 0.393 e. The molecule has 0 atom stereocenters. The number of hydrogen-bond donors (Lipinski definition) is 2. The molecule has 1 aromatic heterocycles. The maximum Gasteiger partial charge on any atom is 0.0564 e. The second kappa shape index (κ2) is 8.20. The van der Waals surface area contributed by atoms with Crippen molar-refractivity contribution >= 4 is 0 Å². The van der Waals surface area contributed by atoms with Crippen LogP contribution in [0.2, 0.25) is 0 Å². The third-order valence-corrected chi connectivity index (χ3v) is 4.44. The zero-order valence-electron chi connectivity index (χ0n) is 13.5. The van der Waals surface area contributed by atoms with E-state index in [9.17, 15) is 5.11 Å². The van der Waals surface area contributed by atoms with Gasteiger partial charge in [-0.3, -0.25) is 9.88 Å². The lowest BCUT2D eigenvalue weighted by molar-refractivity contribution is 0.0791. The fourth-order valence-corrected chi connectivity index (χ4v) is 3.05. The first kappa shape index (κ1) is 16.1. The lowest BCUT2D eigenvalue weighted by Crippen LogP contribution is -2.35. The number of piperidine rings is 1. The van der Waals surface area contributed by atoms with E-state index >= 15 is 0 Å². The van der Waals surface area contributed by atoms with Gasteiger partial charge in [0.25, 0.3) is 0 Å². The lowest BCUT2D eigenvalue weighted by Gasteiger charge is -2.30. The van der Waals surface area contributed by atoms with E-state index in [2.05, 4.69) is 45.5 Å². The van der Waals surface area contributed by atoms with Crippen LogP contribution in [0.1, 0.15) is 29.5 Å². The summed E-state index contributed by atoms with van der Waals surface area (Å²) in [4.78, 5) is 6.58. The Hall–Kier alpha value is -1.75. The number of benzene rings is 1. The minimum Gasteiger partial charge on any atom is -0.393 e. The number of hydrogen-bond acceptors (Lipinski definition) is 4. The predicted octanol–water partition coefficient (Wildman–Crippen LogP) is 2.33. The van der Waals surface area contributed by atoms with Crippen LogP contribution in [0.5, 0.6) is 0 Å². The van der Waals surface area contributed by atoms with Crippen LogP contribution in [0.15, 0.2) is 48.8 Å². The van der Waals surface area contributed by atoms with Crippen molar-refractivity contribution in [3.8, 4) is 0 Å². The van der Waals surface area contributed by atoms with Crippen molar-refractivity contribution in [3.63, 3.8) is 0 Å². The third-order valence-electron chi connectivity index (χ3n) is 4.44. The average Bonchev–Trinajstić information content (AvgIpc) is 2.59. The lowest BCUT2D eigenvalue weighted by atomic mass is 10.0. The molecule has 0 amide bonds. The monoisotopic (exact) mass is 311 g/mol. The third kappa shape index (κ3) is 4.86. The van der Waals surface area contributed by atoms with Crippen LogP contribution >= 0.6 is 0 Å². The average molecular weight is 311 g/mol. The van der Waals surface area contributed by atoms with Crippen molar-refractivity contribution in [2.75, 3.05) is 13.1 Å². The van der Waals surface area contributed by atoms with Gasteiger partial charge in [-0.25, -0.2) is 0 Å². The number of nitrogens with one attached hydrogen (secondary N) is 1. The Kier molecular flexibility index (Phi) is 5.75. The van der Waals surface area contributed by atoms with Crippen LogP contribution < -0.4 is 5.32 Å². The van der Waals surface area contributed by atoms with Crippen LogP contribution in [0, 0.1) is 0 Å². The molecule has 2 heterocycles. The SMILES string of the molecule is OC1CCN(Cc2ccccc2CNCc2cccnc2)CC1. The van der Waals surface area contributed by atoms with Gasteiger partial charge in [0, 0.05) is 45.1 Å². The van der Waals surface area contributed by atoms with Gasteiger partial charge in [-0.1, -0.05) is 30.3 Å². The number of aliphatic hydroxyl groups excluding tert-OH is 1. The van der Waals surface area contributed by atoms with Gasteiger partial charge in [0.1, 0.15) is 0 Å². The highest BCUT2D eigenvalue weighted by molar-refractivity contribution is 5.27. The Morgan fingerprint density at radius 2 is 1.83 bits per heavy atom. The van der Waals surface area contributed by atoms with Crippen LogP contribution in [-0.2, 0) is 19.6 Å². The maximum absolute atomic E-state index is 9.63. The molecule has 1 aromatic carbocycles. The van der Waals surface area contributed by atoms with Crippen LogP contribution in [0.25, 0.3) is 0 Å². The van der Waals surface area contributed by atoms with E-state index in [1.807, 2.05) is 12.3 Å². The van der Waals surface area contributed by atoms with Crippen LogP contribution in [-0.4, -0.2) is 34.2 Å². The molecule has 122 valence electrons. The van der Waals surface area contributed by atoms with E-state index < -0.39 is 0 Å². The molecule has 3 rings (SSSR count). The van der Waals surface area contributed by atoms with Crippen molar-refractivity contribution < 1.29 is 5.11 Å². The van der Waals surface area contributed by atoms with Crippen molar-refractivity contribution in [2.45, 2.75) is 38.6 Å². The Morgan fingerprint density at radius 3 is 2.57 bits per heavy atom. The Labute approximate surface area is 138 Å². The van der Waals surface area contributed by atoms with Gasteiger partial charge in [0.15, 0.2) is 0 Å². The number of likely N-dealkylation sites (tertiary alicyclic amines) is 1. The Morgan fingerprint density at radius 1 is 1.04 bits per heavy atom. The predicted molar refractivity (Wildman–Crippen MR) is 91.7 cm³/mol. The molecule has 0 unspecified atom stereocenters. The highest BCUT2D eigenvalue weighted by Crippen LogP contribution is 2.16. The van der Waals surface area contributed by atoms with Gasteiger partial charge in [-0.2, -0.15) is 0 Å². The van der Waals surface area contributed by atoms with Crippen molar-refractivity contribution in [2.24, 2.45) is 0 Å². The summed E-state index contributed by atoms with van der Waals surface area (Å²) in [6.07, 6.45) is 5.37. The van der Waals surface area contributed by atoms with Gasteiger partial charge >= 0.3 is 0 Å². The fraction of sp³-hybridized carbons (Fsp3) is 0.421. The zero-order valence-corrected chi connectivity index (χ0v) is 13.5. The van der Waals surface area contributed by atoms with Gasteiger partial charge in [0.05, 0.1) is 6.10 Å². The summed E-state index contributed by atoms with van der Waals surface area (Å²) >= 11 is 0. The summed E-state index contributed by atoms with van der Waals surface area (Å²) in [6, 6.07) is 12.7. The second-order valence-electron chi connectivity index (χ2n) is 6.24. The molecular weight excluding hydrogens is 286 g/mol. The standard InChI is InChI=1S/C19H25N3O/c23-19-7-10-22(11-8-19)15-18-6-2-1-5-17(18)14-21-13-16-4-3-9-20-12-16/h1-6,9,12,19,21,23H,7-8,10-11,13-15H2. The normalized spacial score (nSPS) is 16.6. The van der Waals surface area contributed by atoms with Gasteiger partial charge < -0.3 is 10.4 Å². The van der Waals surface area contributed by atoms with Crippen molar-refractivity contribution in [1.82, 2.24) is 15.2 Å². The first-order valence-electron chi connectivity index (χ1n) is 8.38. The summed E-state index contributed by atoms with van der Waals surface area (Å²) in [5, 5.41) is 13.1. The van der Waals surface area contributed by atoms with E-state index in [0.717, 1.165) is 45.6 Å². The number of nitrogens with zero attached hydrogens (tertiary/aromatic N) is 2. The highest BCUT2D eigenvalue weighted by atomic mass is 16.3. The zero-order chi connectivity index (χ0) is 15.9. The Balaban J connectivity index is 1.55. The highest BCUT2D eigenvalue weighted by Gasteiger charge is 2.17. The molecule has 0 bridgehead atoms.